The van der Waals surface area contributed by atoms with Gasteiger partial charge in [-0.2, -0.15) is 0 Å². The van der Waals surface area contributed by atoms with Gasteiger partial charge >= 0.3 is 18.3 Å². The molecule has 0 radical (unpaired) electrons. The number of piperazine rings is 1. The summed E-state index contributed by atoms with van der Waals surface area (Å²) in [6, 6.07) is 8.68. The summed E-state index contributed by atoms with van der Waals surface area (Å²) in [7, 11) is 0. The van der Waals surface area contributed by atoms with E-state index in [4.69, 9.17) is 54.2 Å². The van der Waals surface area contributed by atoms with Crippen LogP contribution in [0.1, 0.15) is 47.9 Å². The minimum Gasteiger partial charge on any atom is -0.489 e. The number of hydrogen-bond acceptors (Lipinski definition) is 23. The second-order valence-electron chi connectivity index (χ2n) is 18.0. The number of carbonyl (C=O) groups is 4. The molecule has 29 nitrogen and oxygen atoms in total. The van der Waals surface area contributed by atoms with Crippen LogP contribution in [-0.4, -0.2) is 190 Å². The molecule has 3 aromatic rings. The number of pyridine rings is 1. The predicted octanol–water partition coefficient (Wildman–Crippen LogP) is 5.52. The van der Waals surface area contributed by atoms with Gasteiger partial charge in [-0.15, -0.1) is 30.3 Å². The Morgan fingerprint density at radius 1 is 0.683 bits per heavy atom. The number of halogens is 3. The Labute approximate surface area is 471 Å². The SMILES string of the molecule is Cc1c(CN(C(=O)C2=C(c3ccc(CCCOc4c(F)ccc(F)c4Cl)cc3)CC3CN(C(=O)OCCOCCO[N+](=O)[O-])CC2N3C(=O)OCCOCCO[N+](=O)[O-])C2CC2)ccnc1OCCOC(=O)OCCOCCO[N+](=O)[O-]. The zero-order chi connectivity index (χ0) is 59.0. The third-order valence-corrected chi connectivity index (χ3v) is 12.9. The number of hydrogen-bond donors (Lipinski definition) is 0. The highest BCUT2D eigenvalue weighted by atomic mass is 35.5. The van der Waals surface area contributed by atoms with E-state index in [2.05, 4.69) is 19.5 Å². The Morgan fingerprint density at radius 2 is 1.24 bits per heavy atom. The first-order valence-electron chi connectivity index (χ1n) is 25.7. The number of ether oxygens (including phenoxy) is 9. The second kappa shape index (κ2) is 32.3. The molecule has 0 spiro atoms. The van der Waals surface area contributed by atoms with Crippen LogP contribution in [0.4, 0.5) is 23.2 Å². The molecule has 6 rings (SSSR count). The van der Waals surface area contributed by atoms with E-state index in [1.807, 2.05) is 24.3 Å². The molecule has 2 unspecified atom stereocenters. The molecule has 2 fully saturated rings. The lowest BCUT2D eigenvalue weighted by Crippen LogP contribution is -2.65. The van der Waals surface area contributed by atoms with Gasteiger partial charge < -0.3 is 66.9 Å². The lowest BCUT2D eigenvalue weighted by Gasteiger charge is -2.50. The molecule has 1 saturated heterocycles. The second-order valence-corrected chi connectivity index (χ2v) is 18.4. The van der Waals surface area contributed by atoms with Crippen molar-refractivity contribution in [3.8, 4) is 11.6 Å². The van der Waals surface area contributed by atoms with E-state index in [0.29, 0.717) is 47.9 Å². The number of aryl methyl sites for hydroxylation is 1. The maximum atomic E-state index is 15.7. The zero-order valence-corrected chi connectivity index (χ0v) is 45.1. The van der Waals surface area contributed by atoms with Crippen molar-refractivity contribution < 1.29 is 100 Å². The van der Waals surface area contributed by atoms with Crippen molar-refractivity contribution in [2.45, 2.75) is 63.7 Å². The fourth-order valence-corrected chi connectivity index (χ4v) is 8.86. The van der Waals surface area contributed by atoms with E-state index in [9.17, 15) is 53.5 Å². The first kappa shape index (κ1) is 63.0. The van der Waals surface area contributed by atoms with Crippen LogP contribution >= 0.6 is 11.6 Å². The molecule has 448 valence electrons. The van der Waals surface area contributed by atoms with Crippen molar-refractivity contribution in [3.63, 3.8) is 0 Å². The lowest BCUT2D eigenvalue weighted by atomic mass is 9.81. The number of fused-ring (bicyclic) bond motifs is 2. The van der Waals surface area contributed by atoms with Crippen LogP contribution in [0.5, 0.6) is 11.6 Å². The summed E-state index contributed by atoms with van der Waals surface area (Å²) in [5.41, 5.74) is 3.42. The zero-order valence-electron chi connectivity index (χ0n) is 44.4. The number of aromatic nitrogens is 1. The van der Waals surface area contributed by atoms with Crippen LogP contribution in [0.2, 0.25) is 5.02 Å². The molecular formula is C50H60ClF2N7O22. The van der Waals surface area contributed by atoms with Gasteiger partial charge in [0.15, 0.2) is 11.6 Å². The lowest BCUT2D eigenvalue weighted by molar-refractivity contribution is -0.758. The van der Waals surface area contributed by atoms with E-state index >= 15 is 4.79 Å². The molecule has 2 atom stereocenters. The molecule has 32 heteroatoms. The van der Waals surface area contributed by atoms with Gasteiger partial charge in [0.2, 0.25) is 5.88 Å². The van der Waals surface area contributed by atoms with E-state index in [0.717, 1.165) is 17.7 Å². The fraction of sp³-hybridized carbons (Fsp3) is 0.540. The van der Waals surface area contributed by atoms with Gasteiger partial charge in [0, 0.05) is 43.0 Å². The summed E-state index contributed by atoms with van der Waals surface area (Å²) in [5, 5.41) is 27.9. The van der Waals surface area contributed by atoms with Gasteiger partial charge in [0.1, 0.15) is 63.7 Å². The molecular weight excluding hydrogens is 1120 g/mol. The first-order valence-corrected chi connectivity index (χ1v) is 26.1. The molecule has 2 aliphatic heterocycles. The molecule has 3 aliphatic rings. The number of carbonyl (C=O) groups excluding carboxylic acids is 4. The summed E-state index contributed by atoms with van der Waals surface area (Å²) < 4.78 is 76.7. The number of nitrogens with zero attached hydrogens (tertiary/aromatic N) is 7. The normalized spacial score (nSPS) is 15.5. The highest BCUT2D eigenvalue weighted by Crippen LogP contribution is 2.42. The third-order valence-electron chi connectivity index (χ3n) is 12.5. The standard InChI is InChI=1S/C50H60ClF2N7O22/c1-33-36(12-13-54-46(33)75-24-25-79-50(64)78-23-17-73-20-28-82-60(69)70)30-56(37-8-9-37)47(61)43-39(35-6-4-34(5-7-35)3-2-14-74-45-41(53)11-10-40(52)44(45)51)29-38-31-55(48(62)76-21-15-71-18-26-80-58(65)66)32-42(43)57(38)49(63)77-22-16-72-19-27-81-59(67)68/h4-7,10-13,37-38,42H,2-3,8-9,14-32H2,1H3. The maximum absolute atomic E-state index is 15.7. The monoisotopic (exact) mass is 1180 g/mol. The molecule has 1 aliphatic carbocycles. The fourth-order valence-electron chi connectivity index (χ4n) is 8.65. The highest BCUT2D eigenvalue weighted by Gasteiger charge is 2.50. The molecule has 2 aromatic carbocycles. The maximum Gasteiger partial charge on any atom is 0.508 e. The van der Waals surface area contributed by atoms with E-state index < -0.39 is 74.0 Å². The highest BCUT2D eigenvalue weighted by molar-refractivity contribution is 6.32. The number of rotatable bonds is 35. The van der Waals surface area contributed by atoms with Crippen LogP contribution in [0.25, 0.3) is 5.57 Å². The topological polar surface area (TPSA) is 331 Å². The molecule has 82 heavy (non-hydrogen) atoms. The Kier molecular flexibility index (Phi) is 24.8. The van der Waals surface area contributed by atoms with E-state index in [-0.39, 0.29) is 143 Å². The van der Waals surface area contributed by atoms with Crippen molar-refractivity contribution in [1.82, 2.24) is 19.7 Å². The van der Waals surface area contributed by atoms with Gasteiger partial charge in [0.25, 0.3) is 21.2 Å². The van der Waals surface area contributed by atoms with Crippen molar-refractivity contribution in [2.24, 2.45) is 0 Å². The predicted molar refractivity (Wildman–Crippen MR) is 273 cm³/mol. The minimum atomic E-state index is -1.14. The minimum absolute atomic E-state index is 0.00821. The van der Waals surface area contributed by atoms with E-state index in [1.165, 1.54) is 16.0 Å². The summed E-state index contributed by atoms with van der Waals surface area (Å²) in [6.07, 6.45) is 0.985. The summed E-state index contributed by atoms with van der Waals surface area (Å²) in [5.74, 6) is -2.31. The van der Waals surface area contributed by atoms with Crippen LogP contribution < -0.4 is 9.47 Å². The Morgan fingerprint density at radius 3 is 1.84 bits per heavy atom. The van der Waals surface area contributed by atoms with Gasteiger partial charge in [-0.1, -0.05) is 35.9 Å². The van der Waals surface area contributed by atoms with Crippen LogP contribution in [0.15, 0.2) is 54.2 Å². The number of amides is 3. The van der Waals surface area contributed by atoms with Gasteiger partial charge in [0.05, 0.1) is 58.3 Å². The van der Waals surface area contributed by atoms with Crippen molar-refractivity contribution in [3.05, 3.63) is 123 Å². The van der Waals surface area contributed by atoms with Gasteiger partial charge in [-0.3, -0.25) is 9.69 Å². The van der Waals surface area contributed by atoms with Crippen LogP contribution in [0, 0.1) is 48.9 Å². The largest absolute Gasteiger partial charge is 0.508 e. The third kappa shape index (κ3) is 19.5. The van der Waals surface area contributed by atoms with Gasteiger partial charge in [-0.25, -0.2) is 28.1 Å². The summed E-state index contributed by atoms with van der Waals surface area (Å²) >= 11 is 5.94. The molecule has 1 aromatic heterocycles. The van der Waals surface area contributed by atoms with Crippen LogP contribution in [0.3, 0.4) is 0 Å². The van der Waals surface area contributed by atoms with Crippen molar-refractivity contribution in [2.75, 3.05) is 112 Å². The first-order chi connectivity index (χ1) is 39.5. The average molecular weight is 1180 g/mol. The van der Waals surface area contributed by atoms with Crippen molar-refractivity contribution in [1.29, 1.82) is 0 Å². The molecule has 3 heterocycles. The smallest absolute Gasteiger partial charge is 0.489 e. The Balaban J connectivity index is 1.23. The Hall–Kier alpha value is -8.16. The average Bonchev–Trinajstić information content (AvgIpc) is 4.24. The summed E-state index contributed by atoms with van der Waals surface area (Å²) in [4.78, 5) is 109. The van der Waals surface area contributed by atoms with Gasteiger partial charge in [-0.05, 0) is 79.5 Å². The molecule has 3 amide bonds. The molecule has 1 saturated carbocycles. The quantitative estimate of drug-likeness (QED) is 0.0175. The molecule has 2 bridgehead atoms. The number of benzene rings is 2. The van der Waals surface area contributed by atoms with E-state index in [1.54, 1.807) is 17.9 Å². The van der Waals surface area contributed by atoms with Crippen LogP contribution in [-0.2, 0) is 65.4 Å². The Bertz CT molecular complexity index is 2710. The summed E-state index contributed by atoms with van der Waals surface area (Å²) in [6.45, 7) is -1.42. The molecule has 0 N–H and O–H groups in total. The van der Waals surface area contributed by atoms with Crippen molar-refractivity contribution >= 4 is 41.4 Å².